The van der Waals surface area contributed by atoms with Crippen LogP contribution >= 0.6 is 184 Å². The normalized spacial score (nSPS) is 12.0. The first-order chi connectivity index (χ1) is 69.3. The number of pyridine rings is 4. The highest BCUT2D eigenvalue weighted by atomic mass is 127. The lowest BCUT2D eigenvalue weighted by Crippen LogP contribution is -2.27. The third-order valence-corrected chi connectivity index (χ3v) is 33.8. The molecule has 0 fully saturated rings. The molecule has 778 valence electrons. The Kier molecular flexibility index (Phi) is 37.7. The lowest BCUT2D eigenvalue weighted by molar-refractivity contribution is 0.0624. The molecule has 13 aromatic heterocycles. The summed E-state index contributed by atoms with van der Waals surface area (Å²) in [6.45, 7) is 20.9. The molecular formula is C92H82Cl9IN18O19S9. The van der Waals surface area contributed by atoms with Crippen LogP contribution in [0.4, 0.5) is 44.8 Å². The molecule has 37 nitrogen and oxygen atoms in total. The van der Waals surface area contributed by atoms with Gasteiger partial charge in [0.15, 0.2) is 71.1 Å². The van der Waals surface area contributed by atoms with Gasteiger partial charge in [0, 0.05) is 93.1 Å². The second-order valence-electron chi connectivity index (χ2n) is 34.4. The number of anilines is 5. The third-order valence-electron chi connectivity index (χ3n) is 18.7. The number of nitrogens with two attached hydrogens (primary N) is 1. The Morgan fingerprint density at radius 1 is 0.385 bits per heavy atom. The Morgan fingerprint density at radius 2 is 0.662 bits per heavy atom. The molecule has 17 aromatic rings. The maximum Gasteiger partial charge on any atom is 0.413 e. The van der Waals surface area contributed by atoms with Crippen LogP contribution in [-0.2, 0) is 71.9 Å². The molecule has 4 aromatic carbocycles. The van der Waals surface area contributed by atoms with Gasteiger partial charge in [-0.25, -0.2) is 114 Å². The number of aliphatic hydroxyl groups is 1. The molecule has 17 rings (SSSR count). The zero-order valence-corrected chi connectivity index (χ0v) is 95.1. The van der Waals surface area contributed by atoms with Gasteiger partial charge in [0.1, 0.15) is 53.7 Å². The number of halogens is 10. The second-order valence-corrected chi connectivity index (χ2v) is 51.7. The van der Waals surface area contributed by atoms with Crippen molar-refractivity contribution in [1.82, 2.24) is 60.7 Å². The van der Waals surface area contributed by atoms with E-state index in [9.17, 15) is 67.5 Å². The first kappa shape index (κ1) is 116. The lowest BCUT2D eigenvalue weighted by Gasteiger charge is -2.18. The Balaban J connectivity index is 0.000000164. The lowest BCUT2D eigenvalue weighted by atomic mass is 10.1. The van der Waals surface area contributed by atoms with E-state index in [4.69, 9.17) is 129 Å². The number of aldehydes is 2. The number of amides is 4. The van der Waals surface area contributed by atoms with Crippen molar-refractivity contribution in [1.29, 1.82) is 0 Å². The fourth-order valence-electron chi connectivity index (χ4n) is 12.8. The molecule has 56 heteroatoms. The zero-order valence-electron chi connectivity index (χ0n) is 78.8. The molecule has 0 saturated heterocycles. The van der Waals surface area contributed by atoms with Crippen molar-refractivity contribution in [2.45, 2.75) is 144 Å². The fourth-order valence-corrected chi connectivity index (χ4v) is 25.1. The van der Waals surface area contributed by atoms with Gasteiger partial charge >= 0.3 is 24.4 Å². The van der Waals surface area contributed by atoms with E-state index in [1.54, 1.807) is 192 Å². The number of aromatic nitrogens is 13. The van der Waals surface area contributed by atoms with Crippen LogP contribution in [0.25, 0.3) is 44.1 Å². The van der Waals surface area contributed by atoms with Gasteiger partial charge in [0.25, 0.3) is 40.1 Å². The Bertz CT molecular complexity index is 8100. The summed E-state index contributed by atoms with van der Waals surface area (Å²) in [4.78, 5) is 107. The average Bonchev–Trinajstić information content (AvgIpc) is 1.56. The Hall–Kier alpha value is -10.9. The van der Waals surface area contributed by atoms with Crippen molar-refractivity contribution >= 4 is 331 Å². The van der Waals surface area contributed by atoms with Crippen molar-refractivity contribution in [2.24, 2.45) is 0 Å². The molecule has 0 radical (unpaired) electrons. The Labute approximate surface area is 925 Å². The van der Waals surface area contributed by atoms with Gasteiger partial charge in [0.2, 0.25) is 0 Å². The number of ether oxygens (including phenoxy) is 4. The van der Waals surface area contributed by atoms with Crippen molar-refractivity contribution in [3.63, 3.8) is 0 Å². The number of rotatable bonds is 20. The minimum Gasteiger partial charge on any atom is -0.444 e. The van der Waals surface area contributed by atoms with Crippen molar-refractivity contribution < 1.29 is 86.5 Å². The van der Waals surface area contributed by atoms with E-state index in [1.807, 2.05) is 0 Å². The number of aliphatic hydroxyl groups excluding tert-OH is 1. The molecule has 1 atom stereocenters. The number of nitrogens with zero attached hydrogens (tertiary/aromatic N) is 13. The third kappa shape index (κ3) is 29.9. The van der Waals surface area contributed by atoms with E-state index in [2.05, 4.69) is 88.7 Å². The molecule has 1 unspecified atom stereocenters. The number of benzene rings is 4. The van der Waals surface area contributed by atoms with E-state index in [-0.39, 0.29) is 116 Å². The van der Waals surface area contributed by atoms with Crippen LogP contribution in [-0.4, -0.2) is 159 Å². The van der Waals surface area contributed by atoms with Gasteiger partial charge in [-0.15, -0.1) is 0 Å². The second kappa shape index (κ2) is 48.2. The van der Waals surface area contributed by atoms with E-state index in [0.29, 0.717) is 80.3 Å². The molecule has 7 N–H and O–H groups in total. The van der Waals surface area contributed by atoms with E-state index in [0.717, 1.165) is 54.9 Å². The summed E-state index contributed by atoms with van der Waals surface area (Å²) in [5, 5.41) is 26.7. The van der Waals surface area contributed by atoms with Gasteiger partial charge in [0.05, 0.1) is 54.3 Å². The number of hydrogen-bond acceptors (Lipinski definition) is 34. The van der Waals surface area contributed by atoms with E-state index in [1.165, 1.54) is 112 Å². The molecule has 0 aliphatic carbocycles. The maximum atomic E-state index is 13.3. The van der Waals surface area contributed by atoms with Gasteiger partial charge in [-0.2, -0.15) is 0 Å². The molecule has 0 saturated carbocycles. The van der Waals surface area contributed by atoms with Crippen molar-refractivity contribution in [3.05, 3.63) is 286 Å². The van der Waals surface area contributed by atoms with Gasteiger partial charge in [-0.1, -0.05) is 234 Å². The van der Waals surface area contributed by atoms with Crippen LogP contribution in [0.15, 0.2) is 215 Å². The highest BCUT2D eigenvalue weighted by molar-refractivity contribution is 14.1. The van der Waals surface area contributed by atoms with Crippen LogP contribution in [0.2, 0.25) is 45.9 Å². The number of carbonyl (C=O) groups excluding carboxylic acids is 6. The largest absolute Gasteiger partial charge is 0.444 e. The number of hydrogen-bond donors (Lipinski definition) is 6. The molecule has 148 heavy (non-hydrogen) atoms. The van der Waals surface area contributed by atoms with Crippen LogP contribution in [0.1, 0.15) is 140 Å². The predicted molar refractivity (Wildman–Crippen MR) is 588 cm³/mol. The zero-order chi connectivity index (χ0) is 108. The highest BCUT2D eigenvalue weighted by Gasteiger charge is 2.33. The van der Waals surface area contributed by atoms with Crippen molar-refractivity contribution in [2.75, 3.05) is 27.0 Å². The van der Waals surface area contributed by atoms with Crippen LogP contribution in [0.5, 0.6) is 0 Å². The summed E-state index contributed by atoms with van der Waals surface area (Å²) in [5.41, 5.74) is 5.02. The molecule has 0 spiro atoms. The molecule has 0 aliphatic heterocycles. The summed E-state index contributed by atoms with van der Waals surface area (Å²) in [6.07, 6.45) is 9.08. The minimum absolute atomic E-state index is 0.0503. The van der Waals surface area contributed by atoms with Gasteiger partial charge in [-0.05, 0) is 190 Å². The maximum absolute atomic E-state index is 13.3. The number of nitrogens with one attached hydrogen (secondary N) is 4. The molecule has 0 bridgehead atoms. The summed E-state index contributed by atoms with van der Waals surface area (Å²) in [5.74, 6) is 0. The summed E-state index contributed by atoms with van der Waals surface area (Å²) < 4.78 is 131. The number of nitrogen functional groups attached to an aromatic ring is 1. The standard InChI is InChI=1S/C22H20Cl2N4O5S2.2C22H20Cl2N4O4S2.C13H8ClIN2O2S.C9H11ClN2O3S.C4H3ClN2OS/c1-22(2,3)33-21(30)27-20-26-18(24)17(34-20)16(29)15-11-28(19-14(15)9-12(23)10-25-19)35(31,32)13-7-5-4-6-8-13;2*1-22(2,3)32-21(29)27-20-26-18(24)17(33-20)9-13-12-28(19-16(13)10-14(23)11-25-19)34(30,31)15-7-5-4-6-8-15;14-9-6-11-12(15)8-17(13(11)16-7-9)20(18,19)10-4-2-1-3-5-10;1-9(2,3)15-8(14)12-7-11-6(10)5(4-13)16-7;5-3-2(1-8)9-4(6)7-3/h4-11,16,29H,1-3H3,(H,26,27,30);2*4-8,10-12H,9H2,1-3H3,(H,26,27,29);1-8H;4H,1-3H3,(H,11,12,14);1H,(H2,6,7). The summed E-state index contributed by atoms with van der Waals surface area (Å²) >= 11 is 61.7. The summed E-state index contributed by atoms with van der Waals surface area (Å²) in [6, 6.07) is 38.8. The smallest absolute Gasteiger partial charge is 0.413 e. The van der Waals surface area contributed by atoms with E-state index < -0.39 is 93.0 Å². The van der Waals surface area contributed by atoms with Gasteiger partial charge < -0.3 is 29.8 Å². The topological polar surface area (TPSA) is 506 Å². The van der Waals surface area contributed by atoms with Crippen molar-refractivity contribution in [3.8, 4) is 0 Å². The molecule has 0 aliphatic rings. The SMILES string of the molecule is CC(C)(C)OC(=O)Nc1nc(Cl)c(C(O)c2cn(S(=O)(=O)c3ccccc3)c3ncc(Cl)cc23)s1.CC(C)(C)OC(=O)Nc1nc(Cl)c(C=O)s1.CC(C)(C)OC(=O)Nc1nc(Cl)c(Cc2cn(S(=O)(=O)c3ccccc3)c3ncc(Cl)cc23)s1.CC(C)(C)OC(=O)Nc1nc(Cl)c(Cc2cn(S(=O)(=O)c3ccccc3)c3ncc(Cl)cc23)s1.Nc1nc(Cl)c(C=O)s1.O=S(=O)(c1ccccc1)n1cc(I)c2cc(Cl)cnc21. The number of fused-ring (bicyclic) bond motifs is 4. The Morgan fingerprint density at radius 3 is 0.980 bits per heavy atom. The quantitative estimate of drug-likeness (QED) is 0.0234. The molecule has 13 heterocycles. The van der Waals surface area contributed by atoms with Gasteiger partial charge in [-0.3, -0.25) is 30.9 Å². The number of carbonyl (C=O) groups is 6. The monoisotopic (exact) mass is 2470 g/mol. The summed E-state index contributed by atoms with van der Waals surface area (Å²) in [7, 11) is -15.5. The van der Waals surface area contributed by atoms with E-state index >= 15 is 0 Å². The van der Waals surface area contributed by atoms with Crippen LogP contribution in [0.3, 0.4) is 0 Å². The predicted octanol–water partition coefficient (Wildman–Crippen LogP) is 25.1. The molecular weight excluding hydrogens is 2400 g/mol. The van der Waals surface area contributed by atoms with Crippen LogP contribution < -0.4 is 27.0 Å². The highest BCUT2D eigenvalue weighted by Crippen LogP contribution is 2.43. The first-order valence-corrected chi connectivity index (χ1v) is 56.8. The number of thiazole rings is 5. The average molecular weight is 2480 g/mol. The minimum atomic E-state index is -4.03. The fraction of sp³-hybridized carbons (Fsp3) is 0.207. The van der Waals surface area contributed by atoms with Crippen LogP contribution in [0, 0.1) is 3.57 Å². The first-order valence-electron chi connectivity index (χ1n) is 42.4. The molecule has 4 amide bonds.